The number of carbonyl (C=O) groups excluding carboxylic acids is 1. The molecular weight excluding hydrogens is 411 g/mol. The summed E-state index contributed by atoms with van der Waals surface area (Å²) in [5, 5.41) is 18.0. The summed E-state index contributed by atoms with van der Waals surface area (Å²) in [6.07, 6.45) is 3.50. The number of amides is 1. The number of hydrogen-bond acceptors (Lipinski definition) is 5. The van der Waals surface area contributed by atoms with E-state index in [4.69, 9.17) is 11.6 Å². The van der Waals surface area contributed by atoms with Crippen molar-refractivity contribution in [2.75, 3.05) is 5.32 Å². The molecular formula is C21H22ClFN4O3. The van der Waals surface area contributed by atoms with Crippen molar-refractivity contribution in [3.63, 3.8) is 0 Å². The highest BCUT2D eigenvalue weighted by Crippen LogP contribution is 2.60. The lowest BCUT2D eigenvalue weighted by atomic mass is 9.99. The third-order valence-corrected chi connectivity index (χ3v) is 6.46. The number of fused-ring (bicyclic) bond motifs is 1. The lowest BCUT2D eigenvalue weighted by Crippen LogP contribution is -2.38. The van der Waals surface area contributed by atoms with E-state index < -0.39 is 10.7 Å². The molecule has 1 aromatic heterocycles. The van der Waals surface area contributed by atoms with Gasteiger partial charge in [-0.15, -0.1) is 0 Å². The lowest BCUT2D eigenvalue weighted by Gasteiger charge is -2.22. The summed E-state index contributed by atoms with van der Waals surface area (Å²) >= 11 is 5.88. The Balaban J connectivity index is 1.35. The molecule has 0 aliphatic heterocycles. The van der Waals surface area contributed by atoms with Crippen molar-refractivity contribution >= 4 is 29.0 Å². The second kappa shape index (κ2) is 8.18. The van der Waals surface area contributed by atoms with Gasteiger partial charge in [-0.25, -0.2) is 9.37 Å². The van der Waals surface area contributed by atoms with E-state index in [2.05, 4.69) is 22.5 Å². The third kappa shape index (κ3) is 4.09. The average molecular weight is 433 g/mol. The number of benzene rings is 1. The number of anilines is 1. The molecule has 30 heavy (non-hydrogen) atoms. The summed E-state index contributed by atoms with van der Waals surface area (Å²) in [5.41, 5.74) is 0.228. The van der Waals surface area contributed by atoms with Gasteiger partial charge in [-0.05, 0) is 61.3 Å². The molecule has 1 heterocycles. The topological polar surface area (TPSA) is 97.2 Å². The Kier molecular flexibility index (Phi) is 5.60. The van der Waals surface area contributed by atoms with E-state index in [0.717, 1.165) is 31.5 Å². The first-order valence-electron chi connectivity index (χ1n) is 10.00. The van der Waals surface area contributed by atoms with Crippen LogP contribution in [0.4, 0.5) is 15.9 Å². The standard InChI is InChI=1S/C21H22ClFN4O3/c1-2-17(26-21(28)11-3-5-12(22)6-4-11)19-15-8-14(9-16(15)19)25-20-18(27(29)30)7-13(23)10-24-20/h3-7,10,14-17,19H,2,8-9H2,1H3,(H,24,25)(H,26,28)/t14?,15-,16+,17?,19?. The molecule has 158 valence electrons. The molecule has 2 fully saturated rings. The van der Waals surface area contributed by atoms with Crippen LogP contribution >= 0.6 is 11.6 Å². The maximum absolute atomic E-state index is 13.3. The number of carbonyl (C=O) groups is 1. The van der Waals surface area contributed by atoms with Gasteiger partial charge in [0, 0.05) is 22.7 Å². The first-order chi connectivity index (χ1) is 14.4. The second-order valence-electron chi connectivity index (χ2n) is 7.99. The Hall–Kier alpha value is -2.74. The van der Waals surface area contributed by atoms with Crippen molar-refractivity contribution in [1.82, 2.24) is 10.3 Å². The fraction of sp³-hybridized carbons (Fsp3) is 0.429. The van der Waals surface area contributed by atoms with Crippen molar-refractivity contribution in [3.8, 4) is 0 Å². The van der Waals surface area contributed by atoms with Gasteiger partial charge in [-0.3, -0.25) is 14.9 Å². The molecule has 2 aliphatic rings. The van der Waals surface area contributed by atoms with Gasteiger partial charge in [0.05, 0.1) is 17.2 Å². The molecule has 0 radical (unpaired) electrons. The van der Waals surface area contributed by atoms with E-state index in [-0.39, 0.29) is 29.5 Å². The molecule has 1 aromatic carbocycles. The van der Waals surface area contributed by atoms with Gasteiger partial charge in [-0.2, -0.15) is 0 Å². The van der Waals surface area contributed by atoms with Crippen molar-refractivity contribution in [1.29, 1.82) is 0 Å². The van der Waals surface area contributed by atoms with Gasteiger partial charge in [0.1, 0.15) is 5.82 Å². The molecule has 2 N–H and O–H groups in total. The molecule has 5 atom stereocenters. The molecule has 7 nitrogen and oxygen atoms in total. The highest BCUT2D eigenvalue weighted by molar-refractivity contribution is 6.30. The molecule has 2 aromatic rings. The van der Waals surface area contributed by atoms with Crippen LogP contribution in [0.3, 0.4) is 0 Å². The van der Waals surface area contributed by atoms with E-state index >= 15 is 0 Å². The molecule has 4 rings (SSSR count). The Morgan fingerprint density at radius 1 is 1.33 bits per heavy atom. The van der Waals surface area contributed by atoms with E-state index in [0.29, 0.717) is 28.3 Å². The highest BCUT2D eigenvalue weighted by atomic mass is 35.5. The van der Waals surface area contributed by atoms with Gasteiger partial charge in [0.2, 0.25) is 5.82 Å². The Morgan fingerprint density at radius 3 is 2.60 bits per heavy atom. The van der Waals surface area contributed by atoms with Crippen LogP contribution in [-0.2, 0) is 0 Å². The summed E-state index contributed by atoms with van der Waals surface area (Å²) in [4.78, 5) is 26.9. The fourth-order valence-electron chi connectivity index (χ4n) is 4.80. The molecule has 3 unspecified atom stereocenters. The van der Waals surface area contributed by atoms with Crippen molar-refractivity contribution < 1.29 is 14.1 Å². The van der Waals surface area contributed by atoms with Crippen LogP contribution < -0.4 is 10.6 Å². The van der Waals surface area contributed by atoms with Crippen LogP contribution in [0.1, 0.15) is 36.5 Å². The van der Waals surface area contributed by atoms with Crippen LogP contribution in [0.15, 0.2) is 36.5 Å². The maximum atomic E-state index is 13.3. The number of nitrogens with one attached hydrogen (secondary N) is 2. The van der Waals surface area contributed by atoms with Crippen LogP contribution in [0.5, 0.6) is 0 Å². The average Bonchev–Trinajstić information content (AvgIpc) is 3.21. The Morgan fingerprint density at radius 2 is 2.00 bits per heavy atom. The Labute approximate surface area is 178 Å². The van der Waals surface area contributed by atoms with Crippen molar-refractivity contribution in [3.05, 3.63) is 63.0 Å². The molecule has 0 saturated heterocycles. The largest absolute Gasteiger partial charge is 0.362 e. The smallest absolute Gasteiger partial charge is 0.314 e. The minimum absolute atomic E-state index is 0.0531. The number of halogens is 2. The van der Waals surface area contributed by atoms with Crippen molar-refractivity contribution in [2.45, 2.75) is 38.3 Å². The fourth-order valence-corrected chi connectivity index (χ4v) is 4.93. The summed E-state index contributed by atoms with van der Waals surface area (Å²) < 4.78 is 13.3. The van der Waals surface area contributed by atoms with Crippen LogP contribution in [0.25, 0.3) is 0 Å². The van der Waals surface area contributed by atoms with E-state index in [1.165, 1.54) is 0 Å². The number of rotatable bonds is 7. The van der Waals surface area contributed by atoms with Gasteiger partial charge >= 0.3 is 5.69 Å². The second-order valence-corrected chi connectivity index (χ2v) is 8.43. The third-order valence-electron chi connectivity index (χ3n) is 6.21. The zero-order valence-corrected chi connectivity index (χ0v) is 17.1. The van der Waals surface area contributed by atoms with Gasteiger partial charge < -0.3 is 10.6 Å². The monoisotopic (exact) mass is 432 g/mol. The van der Waals surface area contributed by atoms with Crippen LogP contribution in [0, 0.1) is 33.7 Å². The van der Waals surface area contributed by atoms with E-state index in [1.807, 2.05) is 0 Å². The minimum Gasteiger partial charge on any atom is -0.362 e. The predicted octanol–water partition coefficient (Wildman–Crippen LogP) is 4.43. The first-order valence-corrected chi connectivity index (χ1v) is 10.4. The number of hydrogen-bond donors (Lipinski definition) is 2. The zero-order chi connectivity index (χ0) is 21.4. The van der Waals surface area contributed by atoms with E-state index in [1.54, 1.807) is 24.3 Å². The maximum Gasteiger partial charge on any atom is 0.314 e. The minimum atomic E-state index is -0.733. The summed E-state index contributed by atoms with van der Waals surface area (Å²) in [5.74, 6) is 0.579. The first kappa shape index (κ1) is 20.5. The lowest BCUT2D eigenvalue weighted by molar-refractivity contribution is -0.384. The highest BCUT2D eigenvalue weighted by Gasteiger charge is 2.58. The SMILES string of the molecule is CCC(NC(=O)c1ccc(Cl)cc1)C1[C@H]2CC(Nc3ncc(F)cc3[N+](=O)[O-])C[C@@H]12. The summed E-state index contributed by atoms with van der Waals surface area (Å²) in [7, 11) is 0. The van der Waals surface area contributed by atoms with Crippen molar-refractivity contribution in [2.24, 2.45) is 17.8 Å². The summed E-state index contributed by atoms with van der Waals surface area (Å²) in [6, 6.07) is 7.83. The summed E-state index contributed by atoms with van der Waals surface area (Å²) in [6.45, 7) is 2.06. The van der Waals surface area contributed by atoms with Gasteiger partial charge in [-0.1, -0.05) is 18.5 Å². The number of nitro groups is 1. The molecule has 2 saturated carbocycles. The molecule has 9 heteroatoms. The Bertz CT molecular complexity index is 959. The normalized spacial score (nSPS) is 25.3. The number of pyridine rings is 1. The predicted molar refractivity (Wildman–Crippen MR) is 111 cm³/mol. The number of nitrogens with zero attached hydrogens (tertiary/aromatic N) is 2. The van der Waals surface area contributed by atoms with Crippen LogP contribution in [0.2, 0.25) is 5.02 Å². The van der Waals surface area contributed by atoms with Gasteiger partial charge in [0.15, 0.2) is 0 Å². The number of aromatic nitrogens is 1. The quantitative estimate of drug-likeness (QED) is 0.498. The van der Waals surface area contributed by atoms with Gasteiger partial charge in [0.25, 0.3) is 5.91 Å². The van der Waals surface area contributed by atoms with Crippen LogP contribution in [-0.4, -0.2) is 27.9 Å². The molecule has 2 aliphatic carbocycles. The molecule has 1 amide bonds. The molecule has 0 spiro atoms. The van der Waals surface area contributed by atoms with E-state index in [9.17, 15) is 19.3 Å². The molecule has 0 bridgehead atoms. The zero-order valence-electron chi connectivity index (χ0n) is 16.3.